The first-order valence-corrected chi connectivity index (χ1v) is 7.16. The molecule has 0 saturated heterocycles. The van der Waals surface area contributed by atoms with Gasteiger partial charge in [0.05, 0.1) is 7.11 Å². The van der Waals surface area contributed by atoms with Crippen LogP contribution in [0.1, 0.15) is 24.1 Å². The molecule has 1 aromatic carbocycles. The molecule has 1 heterocycles. The van der Waals surface area contributed by atoms with Crippen LogP contribution in [0.3, 0.4) is 0 Å². The highest BCUT2D eigenvalue weighted by atomic mass is 16.5. The lowest BCUT2D eigenvalue weighted by Gasteiger charge is -2.25. The average Bonchev–Trinajstić information content (AvgIpc) is 2.52. The maximum Gasteiger partial charge on any atom is 0.125 e. The van der Waals surface area contributed by atoms with Gasteiger partial charge in [0.1, 0.15) is 5.75 Å². The number of methoxy groups -OCH3 is 1. The van der Waals surface area contributed by atoms with E-state index in [0.717, 1.165) is 30.0 Å². The van der Waals surface area contributed by atoms with Crippen LogP contribution in [0.5, 0.6) is 5.75 Å². The van der Waals surface area contributed by atoms with Crippen LogP contribution in [0, 0.1) is 0 Å². The van der Waals surface area contributed by atoms with Crippen molar-refractivity contribution in [1.82, 2.24) is 4.98 Å². The van der Waals surface area contributed by atoms with Gasteiger partial charge in [-0.25, -0.2) is 0 Å². The summed E-state index contributed by atoms with van der Waals surface area (Å²) in [5, 5.41) is 0. The van der Waals surface area contributed by atoms with Gasteiger partial charge in [0.25, 0.3) is 0 Å². The SMILES string of the molecule is COc1cccc(N(C)CCc2ccncc2)c1[C@H](C)N. The molecule has 0 aliphatic carbocycles. The van der Waals surface area contributed by atoms with E-state index >= 15 is 0 Å². The van der Waals surface area contributed by atoms with Crippen molar-refractivity contribution in [2.24, 2.45) is 5.73 Å². The summed E-state index contributed by atoms with van der Waals surface area (Å²) in [5.74, 6) is 0.846. The standard InChI is InChI=1S/C17H23N3O/c1-13(18)17-15(5-4-6-16(17)21-3)20(2)12-9-14-7-10-19-11-8-14/h4-8,10-11,13H,9,12,18H2,1-3H3/t13-/m0/s1. The molecule has 0 unspecified atom stereocenters. The maximum absolute atomic E-state index is 6.12. The van der Waals surface area contributed by atoms with Crippen molar-refractivity contribution in [3.63, 3.8) is 0 Å². The van der Waals surface area contributed by atoms with Gasteiger partial charge >= 0.3 is 0 Å². The molecule has 2 rings (SSSR count). The fourth-order valence-electron chi connectivity index (χ4n) is 2.47. The Morgan fingerprint density at radius 1 is 1.24 bits per heavy atom. The molecule has 4 heteroatoms. The molecule has 21 heavy (non-hydrogen) atoms. The summed E-state index contributed by atoms with van der Waals surface area (Å²) in [4.78, 5) is 6.27. The molecule has 0 fully saturated rings. The van der Waals surface area contributed by atoms with Crippen LogP contribution < -0.4 is 15.4 Å². The number of nitrogens with zero attached hydrogens (tertiary/aromatic N) is 2. The van der Waals surface area contributed by atoms with E-state index in [2.05, 4.69) is 23.0 Å². The van der Waals surface area contributed by atoms with E-state index < -0.39 is 0 Å². The van der Waals surface area contributed by atoms with E-state index in [9.17, 15) is 0 Å². The lowest BCUT2D eigenvalue weighted by atomic mass is 10.0. The molecule has 4 nitrogen and oxygen atoms in total. The summed E-state index contributed by atoms with van der Waals surface area (Å²) < 4.78 is 5.45. The third kappa shape index (κ3) is 3.73. The minimum absolute atomic E-state index is 0.0699. The molecule has 0 amide bonds. The lowest BCUT2D eigenvalue weighted by Crippen LogP contribution is -2.23. The summed E-state index contributed by atoms with van der Waals surface area (Å²) in [6.07, 6.45) is 4.62. The Morgan fingerprint density at radius 2 is 1.95 bits per heavy atom. The second kappa shape index (κ2) is 7.09. The smallest absolute Gasteiger partial charge is 0.125 e. The third-order valence-electron chi connectivity index (χ3n) is 3.61. The quantitative estimate of drug-likeness (QED) is 0.886. The van der Waals surface area contributed by atoms with Crippen LogP contribution >= 0.6 is 0 Å². The number of rotatable bonds is 6. The summed E-state index contributed by atoms with van der Waals surface area (Å²) in [6, 6.07) is 10.1. The molecular weight excluding hydrogens is 262 g/mol. The normalized spacial score (nSPS) is 12.0. The van der Waals surface area contributed by atoms with Gasteiger partial charge in [0.2, 0.25) is 0 Å². The number of likely N-dealkylation sites (N-methyl/N-ethyl adjacent to an activating group) is 1. The van der Waals surface area contributed by atoms with Crippen molar-refractivity contribution >= 4 is 5.69 Å². The fraction of sp³-hybridized carbons (Fsp3) is 0.353. The van der Waals surface area contributed by atoms with Crippen LogP contribution in [0.4, 0.5) is 5.69 Å². The van der Waals surface area contributed by atoms with Crippen molar-refractivity contribution in [2.45, 2.75) is 19.4 Å². The molecule has 1 atom stereocenters. The highest BCUT2D eigenvalue weighted by Crippen LogP contribution is 2.33. The Bertz CT molecular complexity index is 570. The summed E-state index contributed by atoms with van der Waals surface area (Å²) in [5.41, 5.74) is 9.58. The van der Waals surface area contributed by atoms with E-state index in [4.69, 9.17) is 10.5 Å². The zero-order chi connectivity index (χ0) is 15.2. The van der Waals surface area contributed by atoms with Crippen LogP contribution in [-0.4, -0.2) is 25.7 Å². The van der Waals surface area contributed by atoms with Crippen LogP contribution in [-0.2, 0) is 6.42 Å². The molecule has 0 saturated carbocycles. The number of nitrogens with two attached hydrogens (primary N) is 1. The van der Waals surface area contributed by atoms with Crippen molar-refractivity contribution in [3.05, 3.63) is 53.9 Å². The zero-order valence-corrected chi connectivity index (χ0v) is 12.9. The largest absolute Gasteiger partial charge is 0.496 e. The first kappa shape index (κ1) is 15.3. The van der Waals surface area contributed by atoms with E-state index in [0.29, 0.717) is 0 Å². The van der Waals surface area contributed by atoms with Gasteiger partial charge in [-0.15, -0.1) is 0 Å². The molecule has 0 aliphatic rings. The highest BCUT2D eigenvalue weighted by molar-refractivity contribution is 5.60. The number of hydrogen-bond donors (Lipinski definition) is 1. The van der Waals surface area contributed by atoms with Gasteiger partial charge in [-0.2, -0.15) is 0 Å². The van der Waals surface area contributed by atoms with Gasteiger partial charge < -0.3 is 15.4 Å². The lowest BCUT2D eigenvalue weighted by molar-refractivity contribution is 0.407. The third-order valence-corrected chi connectivity index (χ3v) is 3.61. The Labute approximate surface area is 126 Å². The molecule has 2 N–H and O–H groups in total. The average molecular weight is 285 g/mol. The number of benzene rings is 1. The molecule has 0 bridgehead atoms. The molecule has 1 aromatic heterocycles. The summed E-state index contributed by atoms with van der Waals surface area (Å²) in [6.45, 7) is 2.90. The first-order chi connectivity index (χ1) is 10.1. The second-order valence-electron chi connectivity index (χ2n) is 5.21. The Kier molecular flexibility index (Phi) is 5.17. The minimum atomic E-state index is -0.0699. The summed E-state index contributed by atoms with van der Waals surface area (Å²) >= 11 is 0. The number of aromatic nitrogens is 1. The predicted molar refractivity (Wildman–Crippen MR) is 86.8 cm³/mol. The van der Waals surface area contributed by atoms with Crippen LogP contribution in [0.25, 0.3) is 0 Å². The second-order valence-corrected chi connectivity index (χ2v) is 5.21. The van der Waals surface area contributed by atoms with E-state index in [1.807, 2.05) is 43.6 Å². The monoisotopic (exact) mass is 285 g/mol. The Morgan fingerprint density at radius 3 is 2.57 bits per heavy atom. The molecule has 0 aliphatic heterocycles. The molecule has 0 radical (unpaired) electrons. The van der Waals surface area contributed by atoms with Gasteiger partial charge in [0.15, 0.2) is 0 Å². The van der Waals surface area contributed by atoms with Crippen LogP contribution in [0.2, 0.25) is 0 Å². The summed E-state index contributed by atoms with van der Waals surface area (Å²) in [7, 11) is 3.77. The topological polar surface area (TPSA) is 51.4 Å². The molecule has 112 valence electrons. The minimum Gasteiger partial charge on any atom is -0.496 e. The molecule has 0 spiro atoms. The van der Waals surface area contributed by atoms with Gasteiger partial charge in [0, 0.05) is 43.3 Å². The first-order valence-electron chi connectivity index (χ1n) is 7.16. The van der Waals surface area contributed by atoms with E-state index in [1.54, 1.807) is 7.11 Å². The van der Waals surface area contributed by atoms with E-state index in [-0.39, 0.29) is 6.04 Å². The van der Waals surface area contributed by atoms with Crippen molar-refractivity contribution in [2.75, 3.05) is 25.6 Å². The van der Waals surface area contributed by atoms with Crippen molar-refractivity contribution in [1.29, 1.82) is 0 Å². The number of ether oxygens (including phenoxy) is 1. The zero-order valence-electron chi connectivity index (χ0n) is 12.9. The Hall–Kier alpha value is -2.07. The number of hydrogen-bond acceptors (Lipinski definition) is 4. The fourth-order valence-corrected chi connectivity index (χ4v) is 2.47. The van der Waals surface area contributed by atoms with Crippen LogP contribution in [0.15, 0.2) is 42.7 Å². The molecular formula is C17H23N3O. The van der Waals surface area contributed by atoms with Crippen molar-refractivity contribution in [3.8, 4) is 5.75 Å². The Balaban J connectivity index is 2.17. The van der Waals surface area contributed by atoms with E-state index in [1.165, 1.54) is 5.56 Å². The van der Waals surface area contributed by atoms with Gasteiger partial charge in [-0.3, -0.25) is 4.98 Å². The number of anilines is 1. The predicted octanol–water partition coefficient (Wildman–Crippen LogP) is 2.79. The van der Waals surface area contributed by atoms with Gasteiger partial charge in [-0.05, 0) is 43.2 Å². The van der Waals surface area contributed by atoms with Crippen molar-refractivity contribution < 1.29 is 4.74 Å². The highest BCUT2D eigenvalue weighted by Gasteiger charge is 2.15. The maximum atomic E-state index is 6.12. The molecule has 2 aromatic rings. The van der Waals surface area contributed by atoms with Gasteiger partial charge in [-0.1, -0.05) is 6.07 Å². The number of pyridine rings is 1.